The summed E-state index contributed by atoms with van der Waals surface area (Å²) in [5.41, 5.74) is 1.56. The van der Waals surface area contributed by atoms with Gasteiger partial charge in [-0.25, -0.2) is 15.0 Å². The van der Waals surface area contributed by atoms with Gasteiger partial charge in [-0.1, -0.05) is 6.92 Å². The summed E-state index contributed by atoms with van der Waals surface area (Å²) in [6.45, 7) is 3.99. The lowest BCUT2D eigenvalue weighted by Crippen LogP contribution is -2.18. The first-order chi connectivity index (χ1) is 8.69. The van der Waals surface area contributed by atoms with E-state index in [-0.39, 0.29) is 18.9 Å². The van der Waals surface area contributed by atoms with Gasteiger partial charge >= 0.3 is 0 Å². The molecule has 1 N–H and O–H groups in total. The Hall–Kier alpha value is -1.53. The molecule has 0 saturated carbocycles. The second-order valence-corrected chi connectivity index (χ2v) is 4.80. The van der Waals surface area contributed by atoms with Crippen LogP contribution in [0.1, 0.15) is 25.4 Å². The van der Waals surface area contributed by atoms with Crippen molar-refractivity contribution in [3.63, 3.8) is 0 Å². The minimum absolute atomic E-state index is 0.0539. The molecule has 1 aliphatic heterocycles. The van der Waals surface area contributed by atoms with Gasteiger partial charge in [-0.2, -0.15) is 0 Å². The van der Waals surface area contributed by atoms with Crippen LogP contribution in [0.2, 0.25) is 0 Å². The Labute approximate surface area is 105 Å². The Morgan fingerprint density at radius 3 is 3.06 bits per heavy atom. The predicted molar refractivity (Wildman–Crippen MR) is 64.8 cm³/mol. The summed E-state index contributed by atoms with van der Waals surface area (Å²) >= 11 is 0. The average Bonchev–Trinajstić information content (AvgIpc) is 2.91. The van der Waals surface area contributed by atoms with E-state index in [1.165, 1.54) is 0 Å². The van der Waals surface area contributed by atoms with Crippen LogP contribution in [0.5, 0.6) is 0 Å². The fourth-order valence-electron chi connectivity index (χ4n) is 2.39. The molecule has 6 heteroatoms. The van der Waals surface area contributed by atoms with Crippen molar-refractivity contribution >= 4 is 11.2 Å². The topological polar surface area (TPSA) is 73.1 Å². The average molecular weight is 248 g/mol. The van der Waals surface area contributed by atoms with Crippen LogP contribution in [-0.2, 0) is 4.74 Å². The maximum Gasteiger partial charge on any atom is 0.165 e. The molecule has 18 heavy (non-hydrogen) atoms. The third-order valence-corrected chi connectivity index (χ3v) is 3.47. The predicted octanol–water partition coefficient (Wildman–Crippen LogP) is 1.05. The number of hydrogen-bond acceptors (Lipinski definition) is 5. The third kappa shape index (κ3) is 1.77. The molecule has 0 aliphatic carbocycles. The molecule has 2 unspecified atom stereocenters. The van der Waals surface area contributed by atoms with Crippen LogP contribution in [0.3, 0.4) is 0 Å². The fraction of sp³-hybridized carbons (Fsp3) is 0.583. The van der Waals surface area contributed by atoms with Gasteiger partial charge in [0.15, 0.2) is 5.65 Å². The minimum Gasteiger partial charge on any atom is -0.394 e. The molecule has 0 spiro atoms. The molecular weight excluding hydrogens is 232 g/mol. The largest absolute Gasteiger partial charge is 0.394 e. The monoisotopic (exact) mass is 248 g/mol. The molecule has 0 bridgehead atoms. The van der Waals surface area contributed by atoms with Gasteiger partial charge in [-0.15, -0.1) is 0 Å². The second-order valence-electron chi connectivity index (χ2n) is 4.80. The lowest BCUT2D eigenvalue weighted by Gasteiger charge is -2.14. The zero-order valence-electron chi connectivity index (χ0n) is 10.4. The summed E-state index contributed by atoms with van der Waals surface area (Å²) in [6.07, 6.45) is 4.11. The number of aryl methyl sites for hydroxylation is 1. The quantitative estimate of drug-likeness (QED) is 0.860. The summed E-state index contributed by atoms with van der Waals surface area (Å²) in [6, 6.07) is 0. The third-order valence-electron chi connectivity index (χ3n) is 3.47. The number of fused-ring (bicyclic) bond motifs is 1. The van der Waals surface area contributed by atoms with E-state index in [0.717, 1.165) is 17.6 Å². The van der Waals surface area contributed by atoms with Crippen LogP contribution in [0.25, 0.3) is 11.2 Å². The number of ether oxygens (including phenoxy) is 1. The Morgan fingerprint density at radius 1 is 1.50 bits per heavy atom. The van der Waals surface area contributed by atoms with Gasteiger partial charge < -0.3 is 9.84 Å². The van der Waals surface area contributed by atoms with E-state index in [1.807, 2.05) is 11.5 Å². The van der Waals surface area contributed by atoms with E-state index >= 15 is 0 Å². The lowest BCUT2D eigenvalue weighted by atomic mass is 10.0. The smallest absolute Gasteiger partial charge is 0.165 e. The van der Waals surface area contributed by atoms with E-state index in [2.05, 4.69) is 21.9 Å². The van der Waals surface area contributed by atoms with E-state index in [1.54, 1.807) is 12.5 Å². The Morgan fingerprint density at radius 2 is 2.33 bits per heavy atom. The Bertz CT molecular complexity index is 568. The summed E-state index contributed by atoms with van der Waals surface area (Å²) in [7, 11) is 0. The van der Waals surface area contributed by atoms with Crippen molar-refractivity contribution in [2.75, 3.05) is 6.61 Å². The molecule has 0 aromatic carbocycles. The number of aliphatic hydroxyl groups excluding tert-OH is 1. The molecular formula is C12H16N4O2. The molecule has 3 heterocycles. The van der Waals surface area contributed by atoms with Crippen LogP contribution < -0.4 is 0 Å². The van der Waals surface area contributed by atoms with Crippen LogP contribution in [-0.4, -0.2) is 37.3 Å². The standard InChI is InChI=1S/C12H16N4O2/c1-7-3-11(18-10(7)5-17)16-6-14-9-4-13-8(2)15-12(9)16/h4,6-7,10-11,17H,3,5H2,1-2H3/t7?,10?,11-/m0/s1. The lowest BCUT2D eigenvalue weighted by molar-refractivity contribution is -0.0277. The van der Waals surface area contributed by atoms with Gasteiger partial charge in [0.05, 0.1) is 25.2 Å². The maximum absolute atomic E-state index is 9.23. The highest BCUT2D eigenvalue weighted by Crippen LogP contribution is 2.34. The molecule has 3 rings (SSSR count). The number of aliphatic hydroxyl groups is 1. The minimum atomic E-state index is -0.101. The number of nitrogens with zero attached hydrogens (tertiary/aromatic N) is 4. The summed E-state index contributed by atoms with van der Waals surface area (Å²) in [5.74, 6) is 1.05. The van der Waals surface area contributed by atoms with Crippen molar-refractivity contribution < 1.29 is 9.84 Å². The number of aromatic nitrogens is 4. The summed E-state index contributed by atoms with van der Waals surface area (Å²) < 4.78 is 7.75. The molecule has 1 aliphatic rings. The van der Waals surface area contributed by atoms with Crippen molar-refractivity contribution in [2.24, 2.45) is 5.92 Å². The number of rotatable bonds is 2. The highest BCUT2D eigenvalue weighted by atomic mass is 16.5. The Kier molecular flexibility index (Phi) is 2.76. The van der Waals surface area contributed by atoms with Gasteiger partial charge in [0.25, 0.3) is 0 Å². The first-order valence-electron chi connectivity index (χ1n) is 6.11. The van der Waals surface area contributed by atoms with Crippen molar-refractivity contribution in [3.05, 3.63) is 18.3 Å². The van der Waals surface area contributed by atoms with Gasteiger partial charge in [-0.05, 0) is 19.3 Å². The molecule has 6 nitrogen and oxygen atoms in total. The van der Waals surface area contributed by atoms with E-state index < -0.39 is 0 Å². The van der Waals surface area contributed by atoms with Crippen molar-refractivity contribution in [1.29, 1.82) is 0 Å². The first kappa shape index (κ1) is 11.6. The molecule has 2 aromatic rings. The van der Waals surface area contributed by atoms with Crippen molar-refractivity contribution in [2.45, 2.75) is 32.6 Å². The molecule has 96 valence electrons. The molecule has 0 amide bonds. The van der Waals surface area contributed by atoms with Crippen LogP contribution in [0, 0.1) is 12.8 Å². The molecule has 2 aromatic heterocycles. The highest BCUT2D eigenvalue weighted by Gasteiger charge is 2.33. The van der Waals surface area contributed by atoms with Crippen molar-refractivity contribution in [1.82, 2.24) is 19.5 Å². The van der Waals surface area contributed by atoms with Gasteiger partial charge in [0.1, 0.15) is 17.6 Å². The summed E-state index contributed by atoms with van der Waals surface area (Å²) in [4.78, 5) is 12.8. The first-order valence-corrected chi connectivity index (χ1v) is 6.11. The number of imidazole rings is 1. The SMILES string of the molecule is Cc1ncc2ncn([C@@H]3CC(C)C(CO)O3)c2n1. The zero-order chi connectivity index (χ0) is 12.7. The van der Waals surface area contributed by atoms with Crippen LogP contribution in [0.4, 0.5) is 0 Å². The van der Waals surface area contributed by atoms with Crippen molar-refractivity contribution in [3.8, 4) is 0 Å². The summed E-state index contributed by atoms with van der Waals surface area (Å²) in [5, 5.41) is 9.23. The Balaban J connectivity index is 1.98. The zero-order valence-corrected chi connectivity index (χ0v) is 10.4. The fourth-order valence-corrected chi connectivity index (χ4v) is 2.39. The van der Waals surface area contributed by atoms with E-state index in [9.17, 15) is 5.11 Å². The van der Waals surface area contributed by atoms with E-state index in [0.29, 0.717) is 11.7 Å². The molecule has 0 radical (unpaired) electrons. The maximum atomic E-state index is 9.23. The highest BCUT2D eigenvalue weighted by molar-refractivity contribution is 5.69. The molecule has 1 saturated heterocycles. The van der Waals surface area contributed by atoms with Crippen LogP contribution >= 0.6 is 0 Å². The molecule has 3 atom stereocenters. The van der Waals surface area contributed by atoms with Gasteiger partial charge in [-0.3, -0.25) is 4.57 Å². The van der Waals surface area contributed by atoms with Gasteiger partial charge in [0, 0.05) is 0 Å². The van der Waals surface area contributed by atoms with Crippen LogP contribution in [0.15, 0.2) is 12.5 Å². The second kappa shape index (κ2) is 4.29. The number of hydrogen-bond donors (Lipinski definition) is 1. The molecule has 1 fully saturated rings. The normalized spacial score (nSPS) is 28.1. The van der Waals surface area contributed by atoms with E-state index in [4.69, 9.17) is 4.74 Å². The van der Waals surface area contributed by atoms with Gasteiger partial charge in [0.2, 0.25) is 0 Å².